The lowest BCUT2D eigenvalue weighted by Gasteiger charge is -2.26. The number of fused-ring (bicyclic) bond motifs is 1. The van der Waals surface area contributed by atoms with Gasteiger partial charge in [-0.15, -0.1) is 0 Å². The molecule has 1 saturated heterocycles. The van der Waals surface area contributed by atoms with Gasteiger partial charge in [-0.2, -0.15) is 0 Å². The lowest BCUT2D eigenvalue weighted by Crippen LogP contribution is -2.40. The molecule has 2 heterocycles. The first-order valence-electron chi connectivity index (χ1n) is 6.41. The molecule has 17 heavy (non-hydrogen) atoms. The van der Waals surface area contributed by atoms with Crippen molar-refractivity contribution in [2.24, 2.45) is 5.92 Å². The molecular weight excluding hydrogens is 212 g/mol. The number of nitrogens with one attached hydrogen (secondary N) is 1. The third kappa shape index (κ3) is 2.07. The number of hydrogen-bond donors (Lipinski definition) is 1. The van der Waals surface area contributed by atoms with Gasteiger partial charge in [-0.3, -0.25) is 4.79 Å². The maximum Gasteiger partial charge on any atom is 0.227 e. The van der Waals surface area contributed by atoms with Gasteiger partial charge in [0.1, 0.15) is 0 Å². The van der Waals surface area contributed by atoms with Gasteiger partial charge >= 0.3 is 0 Å². The van der Waals surface area contributed by atoms with E-state index in [4.69, 9.17) is 0 Å². The maximum atomic E-state index is 12.4. The Hall–Kier alpha value is -1.35. The van der Waals surface area contributed by atoms with Gasteiger partial charge in [0, 0.05) is 19.6 Å². The molecule has 3 rings (SSSR count). The van der Waals surface area contributed by atoms with Crippen molar-refractivity contribution in [1.29, 1.82) is 0 Å². The minimum atomic E-state index is 0.193. The molecule has 1 aromatic rings. The normalized spacial score (nSPS) is 23.5. The number of rotatable bonds is 1. The molecule has 2 aliphatic heterocycles. The van der Waals surface area contributed by atoms with Gasteiger partial charge in [-0.25, -0.2) is 0 Å². The van der Waals surface area contributed by atoms with E-state index < -0.39 is 0 Å². The van der Waals surface area contributed by atoms with Crippen LogP contribution in [-0.4, -0.2) is 23.9 Å². The average molecular weight is 230 g/mol. The van der Waals surface area contributed by atoms with Gasteiger partial charge in [0.15, 0.2) is 0 Å². The van der Waals surface area contributed by atoms with E-state index in [1.165, 1.54) is 11.1 Å². The van der Waals surface area contributed by atoms with Crippen molar-refractivity contribution in [2.75, 3.05) is 13.1 Å². The van der Waals surface area contributed by atoms with E-state index in [1.54, 1.807) is 0 Å². The van der Waals surface area contributed by atoms with Crippen LogP contribution in [0.15, 0.2) is 24.3 Å². The maximum absolute atomic E-state index is 12.4. The van der Waals surface area contributed by atoms with Gasteiger partial charge in [0.2, 0.25) is 5.91 Å². The van der Waals surface area contributed by atoms with E-state index in [9.17, 15) is 4.79 Å². The van der Waals surface area contributed by atoms with Crippen LogP contribution in [0.25, 0.3) is 0 Å². The van der Waals surface area contributed by atoms with Crippen molar-refractivity contribution >= 4 is 5.91 Å². The SMILES string of the molecule is O=C([C@H]1CCCNC1)N1Cc2ccccc2C1. The molecule has 1 N–H and O–H groups in total. The van der Waals surface area contributed by atoms with Crippen LogP contribution in [0.1, 0.15) is 24.0 Å². The van der Waals surface area contributed by atoms with Gasteiger partial charge in [0.05, 0.1) is 5.92 Å². The third-order valence-corrected chi connectivity index (χ3v) is 3.80. The predicted octanol–water partition coefficient (Wildman–Crippen LogP) is 1.53. The summed E-state index contributed by atoms with van der Waals surface area (Å²) in [6.07, 6.45) is 2.16. The summed E-state index contributed by atoms with van der Waals surface area (Å²) < 4.78 is 0. The smallest absolute Gasteiger partial charge is 0.227 e. The third-order valence-electron chi connectivity index (χ3n) is 3.80. The minimum Gasteiger partial charge on any atom is -0.334 e. The molecule has 3 nitrogen and oxygen atoms in total. The monoisotopic (exact) mass is 230 g/mol. The van der Waals surface area contributed by atoms with Crippen molar-refractivity contribution in [2.45, 2.75) is 25.9 Å². The van der Waals surface area contributed by atoms with Crippen LogP contribution in [0.5, 0.6) is 0 Å². The van der Waals surface area contributed by atoms with Crippen molar-refractivity contribution in [3.05, 3.63) is 35.4 Å². The average Bonchev–Trinajstić information content (AvgIpc) is 2.82. The number of hydrogen-bond acceptors (Lipinski definition) is 2. The zero-order valence-electron chi connectivity index (χ0n) is 9.98. The summed E-state index contributed by atoms with van der Waals surface area (Å²) in [4.78, 5) is 14.4. The molecule has 0 aliphatic carbocycles. The predicted molar refractivity (Wildman–Crippen MR) is 66.3 cm³/mol. The largest absolute Gasteiger partial charge is 0.334 e. The molecule has 0 aromatic heterocycles. The Morgan fingerprint density at radius 2 is 1.94 bits per heavy atom. The molecule has 1 atom stereocenters. The molecule has 1 fully saturated rings. The second-order valence-electron chi connectivity index (χ2n) is 5.01. The fraction of sp³-hybridized carbons (Fsp3) is 0.500. The Balaban J connectivity index is 1.69. The van der Waals surface area contributed by atoms with Gasteiger partial charge in [0.25, 0.3) is 0 Å². The Morgan fingerprint density at radius 1 is 1.24 bits per heavy atom. The molecule has 90 valence electrons. The summed E-state index contributed by atoms with van der Waals surface area (Å²) in [6, 6.07) is 8.35. The van der Waals surface area contributed by atoms with Crippen LogP contribution < -0.4 is 5.32 Å². The van der Waals surface area contributed by atoms with Crippen LogP contribution in [0.4, 0.5) is 0 Å². The lowest BCUT2D eigenvalue weighted by molar-refractivity contribution is -0.136. The number of nitrogens with zero attached hydrogens (tertiary/aromatic N) is 1. The van der Waals surface area contributed by atoms with Gasteiger partial charge < -0.3 is 10.2 Å². The number of carbonyl (C=O) groups excluding carboxylic acids is 1. The topological polar surface area (TPSA) is 32.3 Å². The van der Waals surface area contributed by atoms with Crippen LogP contribution in [0, 0.1) is 5.92 Å². The summed E-state index contributed by atoms with van der Waals surface area (Å²) in [5.41, 5.74) is 2.62. The fourth-order valence-electron chi connectivity index (χ4n) is 2.81. The quantitative estimate of drug-likeness (QED) is 0.793. The minimum absolute atomic E-state index is 0.193. The highest BCUT2D eigenvalue weighted by atomic mass is 16.2. The van der Waals surface area contributed by atoms with E-state index in [0.29, 0.717) is 5.91 Å². The summed E-state index contributed by atoms with van der Waals surface area (Å²) in [5.74, 6) is 0.520. The second kappa shape index (κ2) is 4.49. The van der Waals surface area contributed by atoms with Crippen LogP contribution >= 0.6 is 0 Å². The molecule has 3 heteroatoms. The Kier molecular flexibility index (Phi) is 2.85. The molecule has 1 aromatic carbocycles. The lowest BCUT2D eigenvalue weighted by atomic mass is 9.98. The molecule has 1 amide bonds. The first kappa shape index (κ1) is 10.8. The number of benzene rings is 1. The summed E-state index contributed by atoms with van der Waals surface area (Å²) in [5, 5.41) is 3.31. The number of carbonyl (C=O) groups is 1. The highest BCUT2D eigenvalue weighted by molar-refractivity contribution is 5.79. The number of piperidine rings is 1. The standard InChI is InChI=1S/C14H18N2O/c17-14(11-6-3-7-15-8-11)16-9-12-4-1-2-5-13(12)10-16/h1-2,4-5,11,15H,3,6-10H2/t11-/m0/s1. The van der Waals surface area contributed by atoms with Crippen LogP contribution in [0.3, 0.4) is 0 Å². The Morgan fingerprint density at radius 3 is 2.53 bits per heavy atom. The molecule has 0 radical (unpaired) electrons. The highest BCUT2D eigenvalue weighted by Crippen LogP contribution is 2.25. The Labute approximate surface area is 102 Å². The van der Waals surface area contributed by atoms with Gasteiger partial charge in [-0.05, 0) is 30.5 Å². The molecular formula is C14H18N2O. The van der Waals surface area contributed by atoms with Crippen molar-refractivity contribution in [3.63, 3.8) is 0 Å². The van der Waals surface area contributed by atoms with E-state index in [2.05, 4.69) is 29.6 Å². The molecule has 0 unspecified atom stereocenters. The molecule has 0 spiro atoms. The van der Waals surface area contributed by atoms with Gasteiger partial charge in [-0.1, -0.05) is 24.3 Å². The van der Waals surface area contributed by atoms with E-state index >= 15 is 0 Å². The molecule has 0 bridgehead atoms. The first-order valence-corrected chi connectivity index (χ1v) is 6.41. The summed E-state index contributed by atoms with van der Waals surface area (Å²) in [6.45, 7) is 3.51. The Bertz CT molecular complexity index is 399. The zero-order chi connectivity index (χ0) is 11.7. The van der Waals surface area contributed by atoms with E-state index in [1.807, 2.05) is 4.90 Å². The van der Waals surface area contributed by atoms with Crippen LogP contribution in [-0.2, 0) is 17.9 Å². The van der Waals surface area contributed by atoms with Crippen molar-refractivity contribution in [1.82, 2.24) is 10.2 Å². The summed E-state index contributed by atoms with van der Waals surface area (Å²) >= 11 is 0. The summed E-state index contributed by atoms with van der Waals surface area (Å²) in [7, 11) is 0. The second-order valence-corrected chi connectivity index (χ2v) is 5.01. The van der Waals surface area contributed by atoms with Crippen molar-refractivity contribution in [3.8, 4) is 0 Å². The zero-order valence-corrected chi connectivity index (χ0v) is 9.98. The first-order chi connectivity index (χ1) is 8.34. The van der Waals surface area contributed by atoms with Crippen LogP contribution in [0.2, 0.25) is 0 Å². The number of amides is 1. The molecule has 0 saturated carbocycles. The highest BCUT2D eigenvalue weighted by Gasteiger charge is 2.29. The van der Waals surface area contributed by atoms with E-state index in [-0.39, 0.29) is 5.92 Å². The fourth-order valence-corrected chi connectivity index (χ4v) is 2.81. The van der Waals surface area contributed by atoms with Crippen molar-refractivity contribution < 1.29 is 4.79 Å². The van der Waals surface area contributed by atoms with E-state index in [0.717, 1.165) is 39.0 Å². The molecule has 2 aliphatic rings.